The van der Waals surface area contributed by atoms with Crippen molar-refractivity contribution in [3.05, 3.63) is 69.8 Å². The molecule has 0 saturated carbocycles. The lowest BCUT2D eigenvalue weighted by Crippen LogP contribution is -2.22. The minimum absolute atomic E-state index is 0.0219. The number of hydrogen-bond acceptors (Lipinski definition) is 5. The topological polar surface area (TPSA) is 96.6 Å². The number of benzene rings is 2. The smallest absolute Gasteiger partial charge is 0.282 e. The second kappa shape index (κ2) is 6.27. The van der Waals surface area contributed by atoms with Gasteiger partial charge in [0.25, 0.3) is 11.6 Å². The van der Waals surface area contributed by atoms with Gasteiger partial charge in [-0.3, -0.25) is 19.9 Å². The van der Waals surface area contributed by atoms with E-state index < -0.39 is 10.8 Å². The molecule has 0 atom stereocenters. The zero-order valence-corrected chi connectivity index (χ0v) is 12.2. The number of carbonyl (C=O) groups excluding carboxylic acids is 1. The Balaban J connectivity index is 1.91. The summed E-state index contributed by atoms with van der Waals surface area (Å²) in [5, 5.41) is 16.9. The number of aliphatic imine (C=N–C) groups is 1. The van der Waals surface area contributed by atoms with E-state index in [1.807, 2.05) is 12.1 Å². The SMILES string of the molecule is O=C(Nc1ccccc1C1=NCCN1)c1ccccc1[N+](=O)[O-]. The average Bonchev–Trinajstić information content (AvgIpc) is 3.09. The Morgan fingerprint density at radius 2 is 1.91 bits per heavy atom. The van der Waals surface area contributed by atoms with Gasteiger partial charge in [0.2, 0.25) is 0 Å². The molecule has 2 aromatic rings. The largest absolute Gasteiger partial charge is 0.368 e. The van der Waals surface area contributed by atoms with Gasteiger partial charge in [0, 0.05) is 18.2 Å². The van der Waals surface area contributed by atoms with Crippen LogP contribution in [0.1, 0.15) is 15.9 Å². The summed E-state index contributed by atoms with van der Waals surface area (Å²) < 4.78 is 0. The molecule has 0 spiro atoms. The second-order valence-electron chi connectivity index (χ2n) is 4.93. The molecule has 0 aliphatic carbocycles. The van der Waals surface area contributed by atoms with Gasteiger partial charge < -0.3 is 10.6 Å². The molecule has 7 nitrogen and oxygen atoms in total. The third-order valence-corrected chi connectivity index (χ3v) is 3.45. The maximum absolute atomic E-state index is 12.4. The number of nitro benzene ring substituents is 1. The fourth-order valence-corrected chi connectivity index (χ4v) is 2.39. The van der Waals surface area contributed by atoms with Crippen molar-refractivity contribution in [2.75, 3.05) is 18.4 Å². The van der Waals surface area contributed by atoms with Crippen LogP contribution in [0.2, 0.25) is 0 Å². The molecule has 0 radical (unpaired) electrons. The molecule has 2 aromatic carbocycles. The van der Waals surface area contributed by atoms with Crippen LogP contribution in [-0.2, 0) is 0 Å². The van der Waals surface area contributed by atoms with Crippen LogP contribution in [0.15, 0.2) is 53.5 Å². The van der Waals surface area contributed by atoms with Crippen molar-refractivity contribution in [3.63, 3.8) is 0 Å². The van der Waals surface area contributed by atoms with Gasteiger partial charge in [-0.15, -0.1) is 0 Å². The first-order valence-corrected chi connectivity index (χ1v) is 7.09. The lowest BCUT2D eigenvalue weighted by molar-refractivity contribution is -0.385. The van der Waals surface area contributed by atoms with Crippen molar-refractivity contribution in [2.45, 2.75) is 0 Å². The molecule has 1 aliphatic heterocycles. The van der Waals surface area contributed by atoms with E-state index in [0.717, 1.165) is 12.1 Å². The molecule has 0 bridgehead atoms. The van der Waals surface area contributed by atoms with Crippen molar-refractivity contribution in [1.29, 1.82) is 0 Å². The second-order valence-corrected chi connectivity index (χ2v) is 4.93. The molecule has 1 amide bonds. The van der Waals surface area contributed by atoms with Gasteiger partial charge in [0.15, 0.2) is 0 Å². The van der Waals surface area contributed by atoms with Gasteiger partial charge in [0.05, 0.1) is 17.2 Å². The van der Waals surface area contributed by atoms with E-state index >= 15 is 0 Å². The highest BCUT2D eigenvalue weighted by Gasteiger charge is 2.21. The van der Waals surface area contributed by atoms with Crippen LogP contribution in [0, 0.1) is 10.1 Å². The number of carbonyl (C=O) groups is 1. The first kappa shape index (κ1) is 14.7. The monoisotopic (exact) mass is 310 g/mol. The van der Waals surface area contributed by atoms with E-state index in [0.29, 0.717) is 18.1 Å². The number of hydrogen-bond donors (Lipinski definition) is 2. The maximum atomic E-state index is 12.4. The Kier molecular flexibility index (Phi) is 4.01. The van der Waals surface area contributed by atoms with Gasteiger partial charge in [-0.2, -0.15) is 0 Å². The standard InChI is InChI=1S/C16H14N4O3/c21-16(12-6-2-4-8-14(12)20(22)23)19-13-7-3-1-5-11(13)15-17-9-10-18-15/h1-8H,9-10H2,(H,17,18)(H,19,21). The first-order chi connectivity index (χ1) is 11.2. The van der Waals surface area contributed by atoms with Gasteiger partial charge in [-0.05, 0) is 18.2 Å². The first-order valence-electron chi connectivity index (χ1n) is 7.09. The Labute approximate surface area is 132 Å². The number of nitro groups is 1. The van der Waals surface area contributed by atoms with E-state index in [1.54, 1.807) is 18.2 Å². The summed E-state index contributed by atoms with van der Waals surface area (Å²) in [6.07, 6.45) is 0. The summed E-state index contributed by atoms with van der Waals surface area (Å²) in [4.78, 5) is 27.3. The number of nitrogens with one attached hydrogen (secondary N) is 2. The van der Waals surface area contributed by atoms with Crippen molar-refractivity contribution < 1.29 is 9.72 Å². The quantitative estimate of drug-likeness (QED) is 0.668. The highest BCUT2D eigenvalue weighted by Crippen LogP contribution is 2.21. The van der Waals surface area contributed by atoms with E-state index in [4.69, 9.17) is 0 Å². The Morgan fingerprint density at radius 1 is 1.17 bits per heavy atom. The van der Waals surface area contributed by atoms with E-state index in [2.05, 4.69) is 15.6 Å². The van der Waals surface area contributed by atoms with E-state index in [1.165, 1.54) is 18.2 Å². The van der Waals surface area contributed by atoms with Crippen LogP contribution < -0.4 is 10.6 Å². The third-order valence-electron chi connectivity index (χ3n) is 3.45. The van der Waals surface area contributed by atoms with Crippen molar-refractivity contribution >= 4 is 23.1 Å². The molecule has 3 rings (SSSR count). The zero-order valence-electron chi connectivity index (χ0n) is 12.2. The molecule has 0 saturated heterocycles. The van der Waals surface area contributed by atoms with Crippen LogP contribution in [0.5, 0.6) is 0 Å². The van der Waals surface area contributed by atoms with Crippen LogP contribution in [0.3, 0.4) is 0 Å². The molecule has 23 heavy (non-hydrogen) atoms. The summed E-state index contributed by atoms with van der Waals surface area (Å²) in [6, 6.07) is 13.1. The minimum atomic E-state index is -0.566. The summed E-state index contributed by atoms with van der Waals surface area (Å²) in [5.74, 6) is 0.187. The molecule has 0 aromatic heterocycles. The van der Waals surface area contributed by atoms with E-state index in [9.17, 15) is 14.9 Å². The van der Waals surface area contributed by atoms with Gasteiger partial charge in [0.1, 0.15) is 11.4 Å². The molecular weight excluding hydrogens is 296 g/mol. The average molecular weight is 310 g/mol. The predicted octanol–water partition coefficient (Wildman–Crippen LogP) is 2.20. The van der Waals surface area contributed by atoms with Crippen LogP contribution in [0.4, 0.5) is 11.4 Å². The number of anilines is 1. The van der Waals surface area contributed by atoms with Gasteiger partial charge >= 0.3 is 0 Å². The predicted molar refractivity (Wildman–Crippen MR) is 86.9 cm³/mol. The van der Waals surface area contributed by atoms with Crippen molar-refractivity contribution in [1.82, 2.24) is 5.32 Å². The number of amides is 1. The Bertz CT molecular complexity index is 801. The van der Waals surface area contributed by atoms with Crippen LogP contribution in [-0.4, -0.2) is 29.8 Å². The molecule has 7 heteroatoms. The number of nitrogens with zero attached hydrogens (tertiary/aromatic N) is 2. The fourth-order valence-electron chi connectivity index (χ4n) is 2.39. The summed E-state index contributed by atoms with van der Waals surface area (Å²) >= 11 is 0. The summed E-state index contributed by atoms with van der Waals surface area (Å²) in [7, 11) is 0. The maximum Gasteiger partial charge on any atom is 0.282 e. The minimum Gasteiger partial charge on any atom is -0.368 e. The Hall–Kier alpha value is -3.22. The highest BCUT2D eigenvalue weighted by molar-refractivity contribution is 6.12. The molecule has 1 aliphatic rings. The third kappa shape index (κ3) is 3.03. The molecular formula is C16H14N4O3. The lowest BCUT2D eigenvalue weighted by Gasteiger charge is -2.11. The number of para-hydroxylation sites is 2. The molecule has 0 fully saturated rings. The van der Waals surface area contributed by atoms with Crippen molar-refractivity contribution in [3.8, 4) is 0 Å². The molecule has 2 N–H and O–H groups in total. The lowest BCUT2D eigenvalue weighted by atomic mass is 10.1. The molecule has 1 heterocycles. The zero-order chi connectivity index (χ0) is 16.2. The van der Waals surface area contributed by atoms with Crippen LogP contribution >= 0.6 is 0 Å². The van der Waals surface area contributed by atoms with Gasteiger partial charge in [-0.25, -0.2) is 0 Å². The van der Waals surface area contributed by atoms with Crippen LogP contribution in [0.25, 0.3) is 0 Å². The van der Waals surface area contributed by atoms with E-state index in [-0.39, 0.29) is 11.3 Å². The number of amidine groups is 1. The summed E-state index contributed by atoms with van der Waals surface area (Å²) in [6.45, 7) is 1.43. The number of rotatable bonds is 4. The summed E-state index contributed by atoms with van der Waals surface area (Å²) in [5.41, 5.74) is 1.12. The normalized spacial score (nSPS) is 13.1. The Morgan fingerprint density at radius 3 is 2.65 bits per heavy atom. The molecule has 116 valence electrons. The highest BCUT2D eigenvalue weighted by atomic mass is 16.6. The molecule has 0 unspecified atom stereocenters. The van der Waals surface area contributed by atoms with Crippen molar-refractivity contribution in [2.24, 2.45) is 4.99 Å². The van der Waals surface area contributed by atoms with Gasteiger partial charge in [-0.1, -0.05) is 24.3 Å². The fraction of sp³-hybridized carbons (Fsp3) is 0.125.